The Hall–Kier alpha value is -3.61. The first-order valence-corrected chi connectivity index (χ1v) is 9.55. The van der Waals surface area contributed by atoms with Crippen LogP contribution < -0.4 is 15.3 Å². The predicted octanol–water partition coefficient (Wildman–Crippen LogP) is 3.29. The molecule has 5 rings (SSSR count). The number of pyridine rings is 2. The first-order valence-electron chi connectivity index (χ1n) is 9.55. The Labute approximate surface area is 167 Å². The van der Waals surface area contributed by atoms with Crippen LogP contribution in [0.25, 0.3) is 17.0 Å². The molecule has 1 aliphatic heterocycles. The Balaban J connectivity index is 1.62. The van der Waals surface area contributed by atoms with Crippen molar-refractivity contribution in [1.29, 1.82) is 0 Å². The second kappa shape index (κ2) is 6.48. The van der Waals surface area contributed by atoms with Crippen molar-refractivity contribution < 1.29 is 4.74 Å². The second-order valence-electron chi connectivity index (χ2n) is 7.83. The van der Waals surface area contributed by atoms with Crippen LogP contribution in [0.5, 0.6) is 5.75 Å². The lowest BCUT2D eigenvalue weighted by Crippen LogP contribution is -2.47. The Morgan fingerprint density at radius 2 is 1.93 bits per heavy atom. The number of rotatable bonds is 3. The fourth-order valence-corrected chi connectivity index (χ4v) is 3.82. The van der Waals surface area contributed by atoms with Crippen molar-refractivity contribution in [3.63, 3.8) is 0 Å². The molecule has 7 nitrogen and oxygen atoms in total. The molecular weight excluding hydrogens is 366 g/mol. The molecule has 3 aromatic heterocycles. The van der Waals surface area contributed by atoms with Crippen LogP contribution in [0.1, 0.15) is 19.4 Å². The molecule has 4 aromatic rings. The van der Waals surface area contributed by atoms with Gasteiger partial charge in [0, 0.05) is 12.7 Å². The number of ether oxygens (including phenoxy) is 1. The zero-order chi connectivity index (χ0) is 20.0. The highest BCUT2D eigenvalue weighted by atomic mass is 16.5. The number of hydrogen-bond donors (Lipinski definition) is 1. The summed E-state index contributed by atoms with van der Waals surface area (Å²) in [4.78, 5) is 26.6. The standard InChI is InChI=1S/C22H21N5O2/c1-22(2)14-26(13-15-7-4-3-5-8-15)20-17(29-22)10-11-18(24-20)27-16-9-6-12-23-19(16)25-21(27)28/h3-12H,13-14H2,1-2H3,(H,23,25,28). The third-order valence-electron chi connectivity index (χ3n) is 4.98. The van der Waals surface area contributed by atoms with Crippen LogP contribution in [0.2, 0.25) is 0 Å². The van der Waals surface area contributed by atoms with Gasteiger partial charge in [0.15, 0.2) is 17.2 Å². The van der Waals surface area contributed by atoms with Crippen molar-refractivity contribution in [3.8, 4) is 11.6 Å². The van der Waals surface area contributed by atoms with Crippen LogP contribution in [-0.2, 0) is 6.54 Å². The number of benzene rings is 1. The highest BCUT2D eigenvalue weighted by Crippen LogP contribution is 2.37. The number of hydrogen-bond acceptors (Lipinski definition) is 5. The molecule has 0 fully saturated rings. The summed E-state index contributed by atoms with van der Waals surface area (Å²) in [5.74, 6) is 1.98. The summed E-state index contributed by atoms with van der Waals surface area (Å²) in [6.45, 7) is 5.53. The maximum atomic E-state index is 12.6. The summed E-state index contributed by atoms with van der Waals surface area (Å²) in [7, 11) is 0. The molecule has 1 N–H and O–H groups in total. The van der Waals surface area contributed by atoms with Gasteiger partial charge in [0.05, 0.1) is 12.1 Å². The van der Waals surface area contributed by atoms with E-state index in [-0.39, 0.29) is 11.3 Å². The molecule has 0 saturated heterocycles. The van der Waals surface area contributed by atoms with E-state index in [1.54, 1.807) is 16.8 Å². The van der Waals surface area contributed by atoms with Crippen molar-refractivity contribution in [2.45, 2.75) is 26.0 Å². The predicted molar refractivity (Wildman–Crippen MR) is 112 cm³/mol. The number of anilines is 1. The van der Waals surface area contributed by atoms with Gasteiger partial charge in [-0.25, -0.2) is 19.3 Å². The largest absolute Gasteiger partial charge is 0.482 e. The molecule has 0 radical (unpaired) electrons. The van der Waals surface area contributed by atoms with Crippen molar-refractivity contribution in [3.05, 3.63) is 76.8 Å². The van der Waals surface area contributed by atoms with Gasteiger partial charge in [0.2, 0.25) is 0 Å². The van der Waals surface area contributed by atoms with Crippen LogP contribution in [0.3, 0.4) is 0 Å². The Kier molecular flexibility index (Phi) is 3.91. The number of imidazole rings is 1. The van der Waals surface area contributed by atoms with Crippen molar-refractivity contribution >= 4 is 17.0 Å². The van der Waals surface area contributed by atoms with E-state index in [9.17, 15) is 4.79 Å². The highest BCUT2D eigenvalue weighted by Gasteiger charge is 2.33. The average molecular weight is 387 g/mol. The minimum atomic E-state index is -0.341. The summed E-state index contributed by atoms with van der Waals surface area (Å²) in [6.07, 6.45) is 1.65. The molecule has 0 spiro atoms. The molecule has 0 atom stereocenters. The Morgan fingerprint density at radius 1 is 1.10 bits per heavy atom. The molecule has 29 heavy (non-hydrogen) atoms. The van der Waals surface area contributed by atoms with Crippen molar-refractivity contribution in [1.82, 2.24) is 19.5 Å². The van der Waals surface area contributed by atoms with Gasteiger partial charge in [0.25, 0.3) is 0 Å². The number of aromatic amines is 1. The zero-order valence-electron chi connectivity index (χ0n) is 16.3. The summed E-state index contributed by atoms with van der Waals surface area (Å²) in [5, 5.41) is 0. The molecule has 0 bridgehead atoms. The van der Waals surface area contributed by atoms with Crippen LogP contribution in [-0.4, -0.2) is 31.7 Å². The molecule has 4 heterocycles. The summed E-state index contributed by atoms with van der Waals surface area (Å²) in [5.41, 5.74) is 1.81. The van der Waals surface area contributed by atoms with Crippen molar-refractivity contribution in [2.24, 2.45) is 0 Å². The van der Waals surface area contributed by atoms with Gasteiger partial charge in [-0.15, -0.1) is 0 Å². The number of fused-ring (bicyclic) bond motifs is 2. The van der Waals surface area contributed by atoms with E-state index in [0.29, 0.717) is 35.8 Å². The summed E-state index contributed by atoms with van der Waals surface area (Å²) >= 11 is 0. The smallest absolute Gasteiger partial charge is 0.333 e. The molecular formula is C22H21N5O2. The highest BCUT2D eigenvalue weighted by molar-refractivity contribution is 5.73. The molecule has 0 aliphatic carbocycles. The molecule has 146 valence electrons. The zero-order valence-corrected chi connectivity index (χ0v) is 16.3. The van der Waals surface area contributed by atoms with Gasteiger partial charge in [-0.3, -0.25) is 4.98 Å². The lowest BCUT2D eigenvalue weighted by atomic mass is 10.1. The minimum absolute atomic E-state index is 0.266. The maximum absolute atomic E-state index is 12.6. The summed E-state index contributed by atoms with van der Waals surface area (Å²) < 4.78 is 7.71. The number of H-pyrrole nitrogens is 1. The van der Waals surface area contributed by atoms with E-state index < -0.39 is 0 Å². The average Bonchev–Trinajstić information content (AvgIpc) is 3.03. The van der Waals surface area contributed by atoms with Crippen LogP contribution >= 0.6 is 0 Å². The van der Waals surface area contributed by atoms with Crippen molar-refractivity contribution in [2.75, 3.05) is 11.4 Å². The summed E-state index contributed by atoms with van der Waals surface area (Å²) in [6, 6.07) is 17.6. The third-order valence-corrected chi connectivity index (χ3v) is 4.98. The van der Waals surface area contributed by atoms with Gasteiger partial charge in [-0.2, -0.15) is 0 Å². The van der Waals surface area contributed by atoms with Crippen LogP contribution in [0.4, 0.5) is 5.82 Å². The van der Waals surface area contributed by atoms with Crippen LogP contribution in [0, 0.1) is 0 Å². The van der Waals surface area contributed by atoms with E-state index in [1.165, 1.54) is 5.56 Å². The quantitative estimate of drug-likeness (QED) is 0.584. The number of nitrogens with one attached hydrogen (secondary N) is 1. The third kappa shape index (κ3) is 3.14. The van der Waals surface area contributed by atoms with E-state index in [1.807, 2.05) is 36.4 Å². The maximum Gasteiger partial charge on any atom is 0.333 e. The molecule has 1 aromatic carbocycles. The lowest BCUT2D eigenvalue weighted by molar-refractivity contribution is 0.103. The minimum Gasteiger partial charge on any atom is -0.482 e. The first-order chi connectivity index (χ1) is 14.0. The fourth-order valence-electron chi connectivity index (χ4n) is 3.82. The van der Waals surface area contributed by atoms with E-state index >= 15 is 0 Å². The molecule has 0 amide bonds. The molecule has 7 heteroatoms. The van der Waals surface area contributed by atoms with E-state index in [0.717, 1.165) is 5.82 Å². The normalized spacial score (nSPS) is 15.2. The lowest BCUT2D eigenvalue weighted by Gasteiger charge is -2.40. The van der Waals surface area contributed by atoms with Gasteiger partial charge in [-0.1, -0.05) is 30.3 Å². The van der Waals surface area contributed by atoms with E-state index in [2.05, 4.69) is 40.8 Å². The van der Waals surface area contributed by atoms with Gasteiger partial charge in [-0.05, 0) is 43.7 Å². The van der Waals surface area contributed by atoms with E-state index in [4.69, 9.17) is 9.72 Å². The second-order valence-corrected chi connectivity index (χ2v) is 7.83. The number of aromatic nitrogens is 4. The topological polar surface area (TPSA) is 76.0 Å². The Bertz CT molecular complexity index is 1240. The molecule has 0 saturated carbocycles. The van der Waals surface area contributed by atoms with Gasteiger partial charge in [0.1, 0.15) is 11.4 Å². The molecule has 0 unspecified atom stereocenters. The SMILES string of the molecule is CC1(C)CN(Cc2ccccc2)c2nc(-n3c(=O)[nH]c4ncccc43)ccc2O1. The van der Waals surface area contributed by atoms with Gasteiger partial charge < -0.3 is 9.64 Å². The molecule has 1 aliphatic rings. The van der Waals surface area contributed by atoms with Gasteiger partial charge >= 0.3 is 5.69 Å². The number of nitrogens with zero attached hydrogens (tertiary/aromatic N) is 4. The Morgan fingerprint density at radius 3 is 2.76 bits per heavy atom. The fraction of sp³-hybridized carbons (Fsp3) is 0.227. The first kappa shape index (κ1) is 17.5. The van der Waals surface area contributed by atoms with Crippen LogP contribution in [0.15, 0.2) is 65.6 Å². The monoisotopic (exact) mass is 387 g/mol.